The van der Waals surface area contributed by atoms with Crippen LogP contribution >= 0.6 is 0 Å². The molecule has 9 heteroatoms. The highest BCUT2D eigenvalue weighted by Gasteiger charge is 2.29. The number of anilines is 1. The summed E-state index contributed by atoms with van der Waals surface area (Å²) in [5, 5.41) is 7.72. The number of nitrogens with one attached hydrogen (secondary N) is 1. The van der Waals surface area contributed by atoms with Crippen LogP contribution in [0.5, 0.6) is 5.75 Å². The minimum Gasteiger partial charge on any atom is -0.497 e. The van der Waals surface area contributed by atoms with Gasteiger partial charge < -0.3 is 19.9 Å². The Morgan fingerprint density at radius 1 is 1.25 bits per heavy atom. The average molecular weight is 440 g/mol. The van der Waals surface area contributed by atoms with Gasteiger partial charge in [-0.15, -0.1) is 0 Å². The number of aryl methyl sites for hydroxylation is 1. The highest BCUT2D eigenvalue weighted by molar-refractivity contribution is 5.98. The van der Waals surface area contributed by atoms with Gasteiger partial charge in [0.25, 0.3) is 0 Å². The minimum absolute atomic E-state index is 0.0519. The maximum absolute atomic E-state index is 12.8. The summed E-state index contributed by atoms with van der Waals surface area (Å²) in [4.78, 5) is 23.6. The number of carbonyl (C=O) groups excluding carboxylic acids is 1. The molecule has 1 aromatic heterocycles. The summed E-state index contributed by atoms with van der Waals surface area (Å²) in [7, 11) is 5.33. The monoisotopic (exact) mass is 439 g/mol. The number of amides is 1. The number of ether oxygens (including phenoxy) is 1. The molecule has 4 rings (SSSR count). The third-order valence-electron chi connectivity index (χ3n) is 6.25. The Morgan fingerprint density at radius 3 is 2.72 bits per heavy atom. The van der Waals surface area contributed by atoms with E-state index in [0.717, 1.165) is 37.0 Å². The van der Waals surface area contributed by atoms with Crippen LogP contribution in [0.15, 0.2) is 41.7 Å². The molecule has 2 aliphatic rings. The first kappa shape index (κ1) is 22.1. The van der Waals surface area contributed by atoms with Crippen molar-refractivity contribution in [1.29, 1.82) is 0 Å². The van der Waals surface area contributed by atoms with Gasteiger partial charge in [0.05, 0.1) is 25.0 Å². The number of aliphatic imine (C=N–C) groups is 1. The first-order valence-electron chi connectivity index (χ1n) is 11.2. The van der Waals surface area contributed by atoms with E-state index in [0.29, 0.717) is 19.6 Å². The summed E-state index contributed by atoms with van der Waals surface area (Å²) in [5.41, 5.74) is 2.07. The molecule has 0 radical (unpaired) electrons. The molecule has 0 bridgehead atoms. The van der Waals surface area contributed by atoms with Crippen LogP contribution in [-0.4, -0.2) is 84.9 Å². The van der Waals surface area contributed by atoms with Crippen molar-refractivity contribution in [2.45, 2.75) is 18.9 Å². The van der Waals surface area contributed by atoms with Gasteiger partial charge in [-0.3, -0.25) is 19.4 Å². The number of benzene rings is 1. The van der Waals surface area contributed by atoms with Crippen molar-refractivity contribution in [2.24, 2.45) is 12.0 Å². The molecule has 172 valence electrons. The van der Waals surface area contributed by atoms with E-state index in [1.165, 1.54) is 18.4 Å². The number of hydrogen-bond acceptors (Lipinski definition) is 5. The molecule has 2 saturated heterocycles. The van der Waals surface area contributed by atoms with Gasteiger partial charge in [0.2, 0.25) is 5.91 Å². The molecule has 1 aromatic carbocycles. The lowest BCUT2D eigenvalue weighted by molar-refractivity contribution is -0.120. The van der Waals surface area contributed by atoms with Gasteiger partial charge in [-0.2, -0.15) is 5.10 Å². The standard InChI is InChI=1S/C23H33N7O2/c1-24-23(29-11-12-30(22(31)17-29)19-14-26-27(2)16-19)25-15-21(28-9-4-5-10-28)18-7-6-8-20(13-18)32-3/h6-8,13-14,16,21H,4-5,9-12,15,17H2,1-3H3,(H,24,25). The maximum Gasteiger partial charge on any atom is 0.246 e. The molecule has 1 amide bonds. The van der Waals surface area contributed by atoms with Crippen molar-refractivity contribution in [3.05, 3.63) is 42.2 Å². The molecule has 1 N–H and O–H groups in total. The van der Waals surface area contributed by atoms with Gasteiger partial charge >= 0.3 is 0 Å². The molecular formula is C23H33N7O2. The van der Waals surface area contributed by atoms with Crippen LogP contribution in [0.2, 0.25) is 0 Å². The molecule has 0 aliphatic carbocycles. The molecule has 1 atom stereocenters. The predicted octanol–water partition coefficient (Wildman–Crippen LogP) is 1.49. The molecule has 2 aliphatic heterocycles. The smallest absolute Gasteiger partial charge is 0.246 e. The molecule has 1 unspecified atom stereocenters. The van der Waals surface area contributed by atoms with Crippen molar-refractivity contribution in [1.82, 2.24) is 24.9 Å². The van der Waals surface area contributed by atoms with Crippen molar-refractivity contribution >= 4 is 17.6 Å². The van der Waals surface area contributed by atoms with Crippen molar-refractivity contribution in [2.75, 3.05) is 58.3 Å². The van der Waals surface area contributed by atoms with Crippen LogP contribution < -0.4 is 15.0 Å². The van der Waals surface area contributed by atoms with Gasteiger partial charge in [0.15, 0.2) is 5.96 Å². The van der Waals surface area contributed by atoms with Crippen molar-refractivity contribution in [3.8, 4) is 5.75 Å². The summed E-state index contributed by atoms with van der Waals surface area (Å²) in [6.07, 6.45) is 6.05. The zero-order valence-corrected chi connectivity index (χ0v) is 19.2. The zero-order valence-electron chi connectivity index (χ0n) is 19.2. The number of nitrogens with zero attached hydrogens (tertiary/aromatic N) is 6. The van der Waals surface area contributed by atoms with Gasteiger partial charge in [-0.1, -0.05) is 12.1 Å². The van der Waals surface area contributed by atoms with Crippen molar-refractivity contribution < 1.29 is 9.53 Å². The fourth-order valence-corrected chi connectivity index (χ4v) is 4.55. The Morgan fingerprint density at radius 2 is 2.06 bits per heavy atom. The summed E-state index contributed by atoms with van der Waals surface area (Å²) < 4.78 is 7.17. The van der Waals surface area contributed by atoms with Crippen LogP contribution in [0.4, 0.5) is 5.69 Å². The number of methoxy groups -OCH3 is 1. The molecular weight excluding hydrogens is 406 g/mol. The Balaban J connectivity index is 1.42. The molecule has 0 spiro atoms. The second-order valence-corrected chi connectivity index (χ2v) is 8.30. The Hall–Kier alpha value is -3.07. The van der Waals surface area contributed by atoms with E-state index in [1.807, 2.05) is 30.3 Å². The fraction of sp³-hybridized carbons (Fsp3) is 0.522. The van der Waals surface area contributed by atoms with E-state index in [-0.39, 0.29) is 11.9 Å². The Kier molecular flexibility index (Phi) is 6.94. The summed E-state index contributed by atoms with van der Waals surface area (Å²) in [6, 6.07) is 8.51. The average Bonchev–Trinajstić information content (AvgIpc) is 3.49. The van der Waals surface area contributed by atoms with Gasteiger partial charge in [-0.25, -0.2) is 0 Å². The van der Waals surface area contributed by atoms with Crippen LogP contribution in [0, 0.1) is 0 Å². The minimum atomic E-state index is 0.0519. The number of rotatable bonds is 6. The predicted molar refractivity (Wildman–Crippen MR) is 125 cm³/mol. The maximum atomic E-state index is 12.8. The van der Waals surface area contributed by atoms with E-state index >= 15 is 0 Å². The van der Waals surface area contributed by atoms with Gasteiger partial charge in [0.1, 0.15) is 12.3 Å². The number of piperazine rings is 1. The van der Waals surface area contributed by atoms with Crippen LogP contribution in [0.25, 0.3) is 0 Å². The Bertz CT molecular complexity index is 951. The van der Waals surface area contributed by atoms with E-state index in [9.17, 15) is 4.79 Å². The molecule has 3 heterocycles. The van der Waals surface area contributed by atoms with E-state index in [4.69, 9.17) is 4.74 Å². The number of aromatic nitrogens is 2. The first-order chi connectivity index (χ1) is 15.6. The third kappa shape index (κ3) is 4.88. The van der Waals surface area contributed by atoms with Crippen LogP contribution in [0.3, 0.4) is 0 Å². The summed E-state index contributed by atoms with van der Waals surface area (Å²) in [5.74, 6) is 1.68. The number of likely N-dealkylation sites (tertiary alicyclic amines) is 1. The lowest BCUT2D eigenvalue weighted by Crippen LogP contribution is -2.56. The quantitative estimate of drug-likeness (QED) is 0.543. The lowest BCUT2D eigenvalue weighted by Gasteiger charge is -2.36. The molecule has 32 heavy (non-hydrogen) atoms. The highest BCUT2D eigenvalue weighted by Crippen LogP contribution is 2.27. The third-order valence-corrected chi connectivity index (χ3v) is 6.25. The molecule has 2 fully saturated rings. The zero-order chi connectivity index (χ0) is 22.5. The number of hydrogen-bond donors (Lipinski definition) is 1. The van der Waals surface area contributed by atoms with E-state index in [2.05, 4.69) is 32.4 Å². The first-order valence-corrected chi connectivity index (χ1v) is 11.2. The Labute approximate surface area is 189 Å². The summed E-state index contributed by atoms with van der Waals surface area (Å²) in [6.45, 7) is 4.51. The summed E-state index contributed by atoms with van der Waals surface area (Å²) >= 11 is 0. The van der Waals surface area contributed by atoms with Gasteiger partial charge in [0, 0.05) is 39.9 Å². The van der Waals surface area contributed by atoms with E-state index < -0.39 is 0 Å². The fourth-order valence-electron chi connectivity index (χ4n) is 4.55. The highest BCUT2D eigenvalue weighted by atomic mass is 16.5. The molecule has 0 saturated carbocycles. The normalized spacial score (nSPS) is 18.8. The molecule has 9 nitrogen and oxygen atoms in total. The second-order valence-electron chi connectivity index (χ2n) is 8.30. The number of carbonyl (C=O) groups is 1. The van der Waals surface area contributed by atoms with Gasteiger partial charge in [-0.05, 0) is 43.6 Å². The lowest BCUT2D eigenvalue weighted by atomic mass is 10.1. The largest absolute Gasteiger partial charge is 0.497 e. The number of guanidine groups is 1. The topological polar surface area (TPSA) is 78.2 Å². The SMILES string of the molecule is CN=C(NCC(c1cccc(OC)c1)N1CCCC1)N1CCN(c2cnn(C)c2)C(=O)C1. The molecule has 2 aromatic rings. The van der Waals surface area contributed by atoms with Crippen molar-refractivity contribution in [3.63, 3.8) is 0 Å². The second kappa shape index (κ2) is 10.0. The van der Waals surface area contributed by atoms with E-state index in [1.54, 1.807) is 29.9 Å². The van der Waals surface area contributed by atoms with Crippen LogP contribution in [0.1, 0.15) is 24.4 Å². The van der Waals surface area contributed by atoms with Crippen LogP contribution in [-0.2, 0) is 11.8 Å².